The molecule has 1 atom stereocenters. The lowest BCUT2D eigenvalue weighted by Gasteiger charge is -2.20. The fourth-order valence-corrected chi connectivity index (χ4v) is 1.98. The number of hydroxylamine groups is 2. The second-order valence-electron chi connectivity index (χ2n) is 3.26. The number of nitrogens with zero attached hydrogens (tertiary/aromatic N) is 1. The fraction of sp³-hybridized carbons (Fsp3) is 0.857. The average molecular weight is 238 g/mol. The van der Waals surface area contributed by atoms with E-state index in [4.69, 9.17) is 5.73 Å². The maximum atomic E-state index is 11.0. The van der Waals surface area contributed by atoms with Gasteiger partial charge in [0.1, 0.15) is 0 Å². The molecule has 0 bridgehead atoms. The number of amides is 1. The topological polar surface area (TPSA) is 98.9 Å². The minimum Gasteiger partial charge on any atom is -0.370 e. The molecule has 8 heteroatoms. The molecule has 1 saturated heterocycles. The van der Waals surface area contributed by atoms with E-state index in [2.05, 4.69) is 8.47 Å². The maximum Gasteiger partial charge on any atom is 0.416 e. The second-order valence-corrected chi connectivity index (χ2v) is 4.56. The van der Waals surface area contributed by atoms with E-state index in [1.165, 1.54) is 5.06 Å². The zero-order valence-electron chi connectivity index (χ0n) is 8.38. The summed E-state index contributed by atoms with van der Waals surface area (Å²) in [6.45, 7) is 0.445. The Morgan fingerprint density at radius 1 is 1.60 bits per heavy atom. The van der Waals surface area contributed by atoms with Gasteiger partial charge in [-0.2, -0.15) is 17.8 Å². The monoisotopic (exact) mass is 238 g/mol. The summed E-state index contributed by atoms with van der Waals surface area (Å²) in [5, 5.41) is 1.23. The van der Waals surface area contributed by atoms with Gasteiger partial charge in [-0.05, 0) is 12.8 Å². The standard InChI is InChI=1S/C7H14N2O5S/c1-13-15(11,12)14-9-4-2-3-6(9)5-7(8)10/h6H,2-5H2,1H3,(H2,8,10). The molecular formula is C7H14N2O5S. The Bertz CT molecular complexity index is 328. The highest BCUT2D eigenvalue weighted by molar-refractivity contribution is 7.81. The van der Waals surface area contributed by atoms with Gasteiger partial charge < -0.3 is 5.73 Å². The van der Waals surface area contributed by atoms with Gasteiger partial charge in [0.2, 0.25) is 5.91 Å². The van der Waals surface area contributed by atoms with E-state index >= 15 is 0 Å². The van der Waals surface area contributed by atoms with Gasteiger partial charge in [0.15, 0.2) is 0 Å². The average Bonchev–Trinajstić information content (AvgIpc) is 2.51. The highest BCUT2D eigenvalue weighted by atomic mass is 32.3. The molecule has 0 aliphatic carbocycles. The molecule has 15 heavy (non-hydrogen) atoms. The first-order valence-electron chi connectivity index (χ1n) is 4.49. The van der Waals surface area contributed by atoms with Gasteiger partial charge in [-0.1, -0.05) is 0 Å². The first-order chi connectivity index (χ1) is 6.94. The molecule has 1 rings (SSSR count). The van der Waals surface area contributed by atoms with Crippen molar-refractivity contribution in [1.82, 2.24) is 5.06 Å². The van der Waals surface area contributed by atoms with Crippen LogP contribution in [0.2, 0.25) is 0 Å². The van der Waals surface area contributed by atoms with Gasteiger partial charge in [0.25, 0.3) is 0 Å². The van der Waals surface area contributed by atoms with Crippen LogP contribution < -0.4 is 5.73 Å². The van der Waals surface area contributed by atoms with E-state index < -0.39 is 16.3 Å². The molecule has 0 spiro atoms. The van der Waals surface area contributed by atoms with Crippen LogP contribution >= 0.6 is 0 Å². The van der Waals surface area contributed by atoms with Gasteiger partial charge in [-0.15, -0.1) is 0 Å². The van der Waals surface area contributed by atoms with E-state index in [1.54, 1.807) is 0 Å². The van der Waals surface area contributed by atoms with Crippen LogP contribution in [-0.4, -0.2) is 39.1 Å². The van der Waals surface area contributed by atoms with Crippen LogP contribution in [0.5, 0.6) is 0 Å². The van der Waals surface area contributed by atoms with Crippen molar-refractivity contribution in [3.05, 3.63) is 0 Å². The second kappa shape index (κ2) is 4.88. The molecule has 1 aliphatic rings. The molecule has 88 valence electrons. The molecule has 0 saturated carbocycles. The summed E-state index contributed by atoms with van der Waals surface area (Å²) < 4.78 is 30.8. The molecule has 1 aliphatic heterocycles. The predicted molar refractivity (Wildman–Crippen MR) is 50.6 cm³/mol. The SMILES string of the molecule is COS(=O)(=O)ON1CCCC1CC(N)=O. The van der Waals surface area contributed by atoms with Gasteiger partial charge in [-0.3, -0.25) is 8.98 Å². The molecule has 1 unspecified atom stereocenters. The summed E-state index contributed by atoms with van der Waals surface area (Å²) in [5.74, 6) is -0.481. The predicted octanol–water partition coefficient (Wildman–Crippen LogP) is -0.851. The molecular weight excluding hydrogens is 224 g/mol. The van der Waals surface area contributed by atoms with E-state index in [-0.39, 0.29) is 12.5 Å². The third-order valence-electron chi connectivity index (χ3n) is 2.15. The lowest BCUT2D eigenvalue weighted by molar-refractivity contribution is -0.124. The van der Waals surface area contributed by atoms with Crippen LogP contribution in [0.4, 0.5) is 0 Å². The third-order valence-corrected chi connectivity index (χ3v) is 2.93. The zero-order chi connectivity index (χ0) is 11.5. The van der Waals surface area contributed by atoms with Crippen molar-refractivity contribution in [2.24, 2.45) is 5.73 Å². The first-order valence-corrected chi connectivity index (χ1v) is 5.83. The summed E-state index contributed by atoms with van der Waals surface area (Å²) in [7, 11) is -2.99. The van der Waals surface area contributed by atoms with E-state index in [0.29, 0.717) is 13.0 Å². The molecule has 1 heterocycles. The summed E-state index contributed by atoms with van der Waals surface area (Å²) in [4.78, 5) is 10.7. The molecule has 0 radical (unpaired) electrons. The number of carbonyl (C=O) groups is 1. The quantitative estimate of drug-likeness (QED) is 0.669. The number of hydrogen-bond donors (Lipinski definition) is 1. The normalized spacial score (nSPS) is 23.1. The van der Waals surface area contributed by atoms with Crippen LogP contribution in [0.1, 0.15) is 19.3 Å². The lowest BCUT2D eigenvalue weighted by Crippen LogP contribution is -2.35. The highest BCUT2D eigenvalue weighted by Gasteiger charge is 2.30. The third kappa shape index (κ3) is 3.74. The number of rotatable bonds is 5. The van der Waals surface area contributed by atoms with Crippen molar-refractivity contribution in [1.29, 1.82) is 0 Å². The van der Waals surface area contributed by atoms with Crippen molar-refractivity contribution in [2.45, 2.75) is 25.3 Å². The fourth-order valence-electron chi connectivity index (χ4n) is 1.49. The lowest BCUT2D eigenvalue weighted by atomic mass is 10.1. The maximum absolute atomic E-state index is 11.0. The highest BCUT2D eigenvalue weighted by Crippen LogP contribution is 2.21. The van der Waals surface area contributed by atoms with Gasteiger partial charge in [0.05, 0.1) is 7.11 Å². The van der Waals surface area contributed by atoms with Gasteiger partial charge in [-0.25, -0.2) is 0 Å². The minimum atomic E-state index is -4.00. The van der Waals surface area contributed by atoms with Crippen LogP contribution in [0.25, 0.3) is 0 Å². The van der Waals surface area contributed by atoms with Gasteiger partial charge >= 0.3 is 10.4 Å². The van der Waals surface area contributed by atoms with Crippen molar-refractivity contribution < 1.29 is 21.7 Å². The van der Waals surface area contributed by atoms with Crippen molar-refractivity contribution in [3.63, 3.8) is 0 Å². The molecule has 0 aromatic heterocycles. The van der Waals surface area contributed by atoms with Gasteiger partial charge in [0, 0.05) is 19.0 Å². The summed E-state index contributed by atoms with van der Waals surface area (Å²) in [5.41, 5.74) is 5.03. The largest absolute Gasteiger partial charge is 0.416 e. The van der Waals surface area contributed by atoms with Crippen molar-refractivity contribution in [3.8, 4) is 0 Å². The van der Waals surface area contributed by atoms with Crippen molar-refractivity contribution >= 4 is 16.3 Å². The summed E-state index contributed by atoms with van der Waals surface area (Å²) in [6.07, 6.45) is 1.53. The van der Waals surface area contributed by atoms with E-state index in [1.807, 2.05) is 0 Å². The Morgan fingerprint density at radius 3 is 2.80 bits per heavy atom. The Hall–Kier alpha value is -0.700. The molecule has 0 aromatic rings. The Kier molecular flexibility index (Phi) is 4.03. The number of hydrogen-bond acceptors (Lipinski definition) is 6. The smallest absolute Gasteiger partial charge is 0.370 e. The molecule has 0 aromatic carbocycles. The minimum absolute atomic E-state index is 0.0826. The van der Waals surface area contributed by atoms with Crippen LogP contribution in [0.3, 0.4) is 0 Å². The van der Waals surface area contributed by atoms with E-state index in [0.717, 1.165) is 13.5 Å². The van der Waals surface area contributed by atoms with Crippen LogP contribution in [0.15, 0.2) is 0 Å². The van der Waals surface area contributed by atoms with E-state index in [9.17, 15) is 13.2 Å². The molecule has 1 amide bonds. The summed E-state index contributed by atoms with van der Waals surface area (Å²) >= 11 is 0. The Morgan fingerprint density at radius 2 is 2.27 bits per heavy atom. The van der Waals surface area contributed by atoms with Crippen LogP contribution in [0, 0.1) is 0 Å². The Balaban J connectivity index is 2.57. The Labute approximate surface area is 88.4 Å². The molecule has 7 nitrogen and oxygen atoms in total. The first kappa shape index (κ1) is 12.4. The number of nitrogens with two attached hydrogens (primary N) is 1. The zero-order valence-corrected chi connectivity index (χ0v) is 9.20. The summed E-state index contributed by atoms with van der Waals surface area (Å²) in [6, 6.07) is -0.285. The molecule has 2 N–H and O–H groups in total. The van der Waals surface area contributed by atoms with Crippen LogP contribution in [-0.2, 0) is 23.7 Å². The van der Waals surface area contributed by atoms with Crippen molar-refractivity contribution in [2.75, 3.05) is 13.7 Å². The number of primary amides is 1. The molecule has 1 fully saturated rings. The number of carbonyl (C=O) groups excluding carboxylic acids is 1.